The van der Waals surface area contributed by atoms with Gasteiger partial charge in [-0.1, -0.05) is 6.42 Å². The number of carbonyl (C=O) groups excluding carboxylic acids is 1. The van der Waals surface area contributed by atoms with Crippen molar-refractivity contribution in [2.75, 3.05) is 5.43 Å². The van der Waals surface area contributed by atoms with Crippen molar-refractivity contribution in [1.29, 1.82) is 0 Å². The zero-order chi connectivity index (χ0) is 14.2. The van der Waals surface area contributed by atoms with E-state index in [2.05, 4.69) is 0 Å². The summed E-state index contributed by atoms with van der Waals surface area (Å²) in [7, 11) is 0. The number of anilines is 1. The predicted molar refractivity (Wildman–Crippen MR) is 55.3 cm³/mol. The van der Waals surface area contributed by atoms with Crippen molar-refractivity contribution in [3.05, 3.63) is 29.1 Å². The molecule has 0 radical (unpaired) electrons. The van der Waals surface area contributed by atoms with Gasteiger partial charge in [-0.3, -0.25) is 15.6 Å². The zero-order valence-corrected chi connectivity index (χ0v) is 9.50. The van der Waals surface area contributed by atoms with Gasteiger partial charge < -0.3 is 0 Å². The van der Waals surface area contributed by atoms with E-state index in [-0.39, 0.29) is 5.92 Å². The molecule has 0 unspecified atom stereocenters. The largest absolute Gasteiger partial charge is 0.293 e. The average molecular weight is 280 g/mol. The van der Waals surface area contributed by atoms with E-state index in [1.807, 2.05) is 5.43 Å². The molecule has 1 aromatic rings. The Hall–Kier alpha value is -1.86. The summed E-state index contributed by atoms with van der Waals surface area (Å²) in [6, 6.07) is 0. The van der Waals surface area contributed by atoms with Gasteiger partial charge in [0, 0.05) is 5.92 Å². The van der Waals surface area contributed by atoms with Crippen molar-refractivity contribution in [3.63, 3.8) is 0 Å². The van der Waals surface area contributed by atoms with E-state index in [1.54, 1.807) is 5.43 Å². The molecule has 19 heavy (non-hydrogen) atoms. The van der Waals surface area contributed by atoms with Gasteiger partial charge >= 0.3 is 0 Å². The Kier molecular flexibility index (Phi) is 3.59. The molecule has 0 aliphatic heterocycles. The van der Waals surface area contributed by atoms with E-state index in [0.29, 0.717) is 12.8 Å². The quantitative estimate of drug-likeness (QED) is 0.387. The third-order valence-corrected chi connectivity index (χ3v) is 3.00. The molecule has 0 spiro atoms. The van der Waals surface area contributed by atoms with E-state index in [4.69, 9.17) is 0 Å². The fourth-order valence-electron chi connectivity index (χ4n) is 1.61. The van der Waals surface area contributed by atoms with Crippen LogP contribution in [0.25, 0.3) is 0 Å². The van der Waals surface area contributed by atoms with Crippen LogP contribution in [0, 0.1) is 35.0 Å². The first-order valence-corrected chi connectivity index (χ1v) is 5.50. The van der Waals surface area contributed by atoms with Crippen LogP contribution in [0.5, 0.6) is 0 Å². The van der Waals surface area contributed by atoms with Gasteiger partial charge in [0.15, 0.2) is 23.3 Å². The second-order valence-electron chi connectivity index (χ2n) is 4.19. The van der Waals surface area contributed by atoms with Gasteiger partial charge in [0.25, 0.3) is 0 Å². The number of carbonyl (C=O) groups is 1. The number of rotatable bonds is 3. The Morgan fingerprint density at radius 2 is 1.37 bits per heavy atom. The van der Waals surface area contributed by atoms with Crippen LogP contribution in [-0.2, 0) is 4.79 Å². The topological polar surface area (TPSA) is 41.1 Å². The standard InChI is InChI=1S/C11H9F5N2O/c12-5-6(13)8(15)10(9(16)7(5)14)17-18-11(19)4-2-1-3-4/h4,17H,1-3H2,(H,18,19). The summed E-state index contributed by atoms with van der Waals surface area (Å²) in [5.41, 5.74) is 2.40. The zero-order valence-electron chi connectivity index (χ0n) is 9.50. The molecule has 1 fully saturated rings. The van der Waals surface area contributed by atoms with Gasteiger partial charge in [-0.25, -0.2) is 22.0 Å². The maximum atomic E-state index is 13.2. The van der Waals surface area contributed by atoms with Crippen molar-refractivity contribution in [1.82, 2.24) is 5.43 Å². The summed E-state index contributed by atoms with van der Waals surface area (Å²) >= 11 is 0. The first kappa shape index (κ1) is 13.6. The summed E-state index contributed by atoms with van der Waals surface area (Å²) < 4.78 is 64.9. The fraction of sp³-hybridized carbons (Fsp3) is 0.364. The number of halogens is 5. The lowest BCUT2D eigenvalue weighted by molar-refractivity contribution is -0.126. The summed E-state index contributed by atoms with van der Waals surface area (Å²) in [6.07, 6.45) is 2.12. The Morgan fingerprint density at radius 1 is 0.895 bits per heavy atom. The molecule has 3 nitrogen and oxygen atoms in total. The third-order valence-electron chi connectivity index (χ3n) is 3.00. The highest BCUT2D eigenvalue weighted by Gasteiger charge is 2.28. The molecule has 0 atom stereocenters. The molecule has 1 aliphatic carbocycles. The Labute approximate surface area is 104 Å². The number of benzene rings is 1. The van der Waals surface area contributed by atoms with Crippen LogP contribution in [-0.4, -0.2) is 5.91 Å². The van der Waals surface area contributed by atoms with Gasteiger partial charge in [-0.15, -0.1) is 0 Å². The normalized spacial score (nSPS) is 15.0. The maximum absolute atomic E-state index is 13.2. The summed E-state index contributed by atoms with van der Waals surface area (Å²) in [4.78, 5) is 11.4. The maximum Gasteiger partial charge on any atom is 0.241 e. The Morgan fingerprint density at radius 3 is 1.79 bits per heavy atom. The SMILES string of the molecule is O=C(NNc1c(F)c(F)c(F)c(F)c1F)C1CCC1. The van der Waals surface area contributed by atoms with Crippen molar-refractivity contribution in [3.8, 4) is 0 Å². The molecule has 1 aromatic carbocycles. The minimum atomic E-state index is -2.24. The molecule has 8 heteroatoms. The Bertz CT molecular complexity index is 501. The highest BCUT2D eigenvalue weighted by Crippen LogP contribution is 2.28. The van der Waals surface area contributed by atoms with Crippen molar-refractivity contribution < 1.29 is 26.7 Å². The molecular weight excluding hydrogens is 271 g/mol. The highest BCUT2D eigenvalue weighted by atomic mass is 19.2. The first-order chi connectivity index (χ1) is 8.93. The van der Waals surface area contributed by atoms with Gasteiger partial charge in [0.05, 0.1) is 0 Å². The molecule has 2 rings (SSSR count). The molecule has 0 saturated heterocycles. The fourth-order valence-corrected chi connectivity index (χ4v) is 1.61. The lowest BCUT2D eigenvalue weighted by atomic mass is 9.85. The average Bonchev–Trinajstić information content (AvgIpc) is 2.32. The smallest absolute Gasteiger partial charge is 0.241 e. The van der Waals surface area contributed by atoms with Gasteiger partial charge in [0.2, 0.25) is 11.7 Å². The lowest BCUT2D eigenvalue weighted by Gasteiger charge is -2.24. The summed E-state index contributed by atoms with van der Waals surface area (Å²) in [6.45, 7) is 0. The van der Waals surface area contributed by atoms with Gasteiger partial charge in [-0.2, -0.15) is 0 Å². The van der Waals surface area contributed by atoms with Crippen LogP contribution in [0.4, 0.5) is 27.6 Å². The number of nitrogens with one attached hydrogen (secondary N) is 2. The van der Waals surface area contributed by atoms with Crippen molar-refractivity contribution >= 4 is 11.6 Å². The van der Waals surface area contributed by atoms with Crippen LogP contribution in [0.3, 0.4) is 0 Å². The van der Waals surface area contributed by atoms with E-state index < -0.39 is 40.7 Å². The second kappa shape index (κ2) is 5.02. The summed E-state index contributed by atoms with van der Waals surface area (Å²) in [5, 5.41) is 0. The van der Waals surface area contributed by atoms with E-state index in [1.165, 1.54) is 0 Å². The van der Waals surface area contributed by atoms with Crippen LogP contribution in [0.15, 0.2) is 0 Å². The molecule has 1 saturated carbocycles. The molecule has 1 amide bonds. The molecule has 104 valence electrons. The van der Waals surface area contributed by atoms with Gasteiger partial charge in [0.1, 0.15) is 5.69 Å². The van der Waals surface area contributed by atoms with Crippen molar-refractivity contribution in [2.45, 2.75) is 19.3 Å². The minimum absolute atomic E-state index is 0.297. The lowest BCUT2D eigenvalue weighted by Crippen LogP contribution is -2.38. The van der Waals surface area contributed by atoms with E-state index in [0.717, 1.165) is 6.42 Å². The second-order valence-corrected chi connectivity index (χ2v) is 4.19. The predicted octanol–water partition coefficient (Wildman–Crippen LogP) is 2.63. The third kappa shape index (κ3) is 2.34. The minimum Gasteiger partial charge on any atom is -0.293 e. The van der Waals surface area contributed by atoms with Gasteiger partial charge in [-0.05, 0) is 12.8 Å². The summed E-state index contributed by atoms with van der Waals surface area (Å²) in [5.74, 6) is -11.3. The number of hydrogen-bond acceptors (Lipinski definition) is 2. The molecule has 0 heterocycles. The van der Waals surface area contributed by atoms with E-state index >= 15 is 0 Å². The van der Waals surface area contributed by atoms with Crippen LogP contribution in [0.2, 0.25) is 0 Å². The monoisotopic (exact) mass is 280 g/mol. The number of hydrazine groups is 1. The number of hydrogen-bond donors (Lipinski definition) is 2. The van der Waals surface area contributed by atoms with E-state index in [9.17, 15) is 26.7 Å². The molecule has 2 N–H and O–H groups in total. The molecule has 0 aromatic heterocycles. The highest BCUT2D eigenvalue weighted by molar-refractivity contribution is 5.80. The first-order valence-electron chi connectivity index (χ1n) is 5.50. The number of amides is 1. The Balaban J connectivity index is 2.18. The van der Waals surface area contributed by atoms with Crippen LogP contribution < -0.4 is 10.9 Å². The van der Waals surface area contributed by atoms with Crippen LogP contribution in [0.1, 0.15) is 19.3 Å². The molecular formula is C11H9F5N2O. The molecule has 0 bridgehead atoms. The van der Waals surface area contributed by atoms with Crippen LogP contribution >= 0.6 is 0 Å². The van der Waals surface area contributed by atoms with Crippen molar-refractivity contribution in [2.24, 2.45) is 5.92 Å². The molecule has 1 aliphatic rings.